The molecule has 0 saturated heterocycles. The van der Waals surface area contributed by atoms with Crippen LogP contribution >= 0.6 is 0 Å². The average molecular weight is 394 g/mol. The number of anilines is 2. The monoisotopic (exact) mass is 394 g/mol. The number of nitrogens with one attached hydrogen (secondary N) is 2. The zero-order valence-corrected chi connectivity index (χ0v) is 17.4. The van der Waals surface area contributed by atoms with Crippen molar-refractivity contribution in [2.75, 3.05) is 24.3 Å². The van der Waals surface area contributed by atoms with Crippen LogP contribution in [-0.2, 0) is 11.8 Å². The van der Waals surface area contributed by atoms with E-state index >= 15 is 0 Å². The van der Waals surface area contributed by atoms with Gasteiger partial charge in [-0.1, -0.05) is 26.0 Å². The summed E-state index contributed by atoms with van der Waals surface area (Å²) in [5, 5.41) is 3.26. The van der Waals surface area contributed by atoms with Crippen molar-refractivity contribution in [1.29, 1.82) is 0 Å². The smallest absolute Gasteiger partial charge is 0.329 e. The summed E-state index contributed by atoms with van der Waals surface area (Å²) in [6.07, 6.45) is 1.11. The molecule has 1 aromatic carbocycles. The van der Waals surface area contributed by atoms with Crippen molar-refractivity contribution >= 4 is 17.3 Å². The van der Waals surface area contributed by atoms with Crippen molar-refractivity contribution in [2.45, 2.75) is 32.6 Å². The Bertz CT molecular complexity index is 1150. The Morgan fingerprint density at radius 1 is 1.07 bits per heavy atom. The summed E-state index contributed by atoms with van der Waals surface area (Å²) in [5.74, 6) is 0.00522. The minimum atomic E-state index is -0.503. The van der Waals surface area contributed by atoms with Gasteiger partial charge in [0.25, 0.3) is 5.56 Å². The van der Waals surface area contributed by atoms with Crippen LogP contribution < -0.4 is 21.5 Å². The minimum absolute atomic E-state index is 0.0457. The van der Waals surface area contributed by atoms with E-state index in [0.29, 0.717) is 29.8 Å². The maximum absolute atomic E-state index is 13.2. The molecule has 7 heteroatoms. The van der Waals surface area contributed by atoms with Gasteiger partial charge in [-0.2, -0.15) is 0 Å². The van der Waals surface area contributed by atoms with Crippen LogP contribution in [0, 0.1) is 5.41 Å². The van der Waals surface area contributed by atoms with Crippen LogP contribution in [0.15, 0.2) is 45.1 Å². The molecule has 0 radical (unpaired) electrons. The summed E-state index contributed by atoms with van der Waals surface area (Å²) in [5.41, 5.74) is 2.64. The van der Waals surface area contributed by atoms with Crippen molar-refractivity contribution in [3.63, 3.8) is 0 Å². The van der Waals surface area contributed by atoms with Crippen LogP contribution in [0.1, 0.15) is 43.7 Å². The normalized spacial score (nSPS) is 20.0. The molecule has 1 unspecified atom stereocenters. The van der Waals surface area contributed by atoms with Crippen molar-refractivity contribution in [3.8, 4) is 0 Å². The SMILES string of the molecule is CN(C)c1ccc(C2C3=C(CC(C)(C)CC3=O)Nc3c2c(=O)[nH]c(=O)n3C)cc1. The molecule has 1 aliphatic carbocycles. The highest BCUT2D eigenvalue weighted by Gasteiger charge is 2.42. The number of allylic oxidation sites excluding steroid dienone is 2. The first-order chi connectivity index (χ1) is 13.6. The lowest BCUT2D eigenvalue weighted by Crippen LogP contribution is -2.41. The number of Topliss-reactive ketones (excluding diaryl/α,β-unsaturated/α-hetero) is 1. The van der Waals surface area contributed by atoms with Gasteiger partial charge in [-0.05, 0) is 29.5 Å². The van der Waals surface area contributed by atoms with E-state index in [-0.39, 0.29) is 11.2 Å². The van der Waals surface area contributed by atoms with E-state index in [1.165, 1.54) is 4.57 Å². The highest BCUT2D eigenvalue weighted by atomic mass is 16.2. The fourth-order valence-corrected chi connectivity index (χ4v) is 4.42. The van der Waals surface area contributed by atoms with Crippen molar-refractivity contribution < 1.29 is 4.79 Å². The third-order valence-electron chi connectivity index (χ3n) is 5.87. The maximum Gasteiger partial charge on any atom is 0.329 e. The number of aromatic amines is 1. The summed E-state index contributed by atoms with van der Waals surface area (Å²) in [6.45, 7) is 4.12. The van der Waals surface area contributed by atoms with E-state index in [1.807, 2.05) is 43.3 Å². The van der Waals surface area contributed by atoms with Crippen molar-refractivity contribution in [3.05, 3.63) is 67.5 Å². The van der Waals surface area contributed by atoms with Crippen LogP contribution in [-0.4, -0.2) is 29.4 Å². The number of hydrogen-bond donors (Lipinski definition) is 2. The number of benzene rings is 1. The topological polar surface area (TPSA) is 87.2 Å². The van der Waals surface area contributed by atoms with Gasteiger partial charge < -0.3 is 10.2 Å². The van der Waals surface area contributed by atoms with Crippen LogP contribution in [0.4, 0.5) is 11.5 Å². The van der Waals surface area contributed by atoms with E-state index in [0.717, 1.165) is 16.9 Å². The lowest BCUT2D eigenvalue weighted by atomic mass is 9.69. The first kappa shape index (κ1) is 19.2. The molecule has 0 bridgehead atoms. The number of carbonyl (C=O) groups excluding carboxylic acids is 1. The van der Waals surface area contributed by atoms with Crippen molar-refractivity contribution in [2.24, 2.45) is 12.5 Å². The number of ketones is 1. The third-order valence-corrected chi connectivity index (χ3v) is 5.87. The van der Waals surface area contributed by atoms with Gasteiger partial charge in [-0.25, -0.2) is 4.79 Å². The molecule has 0 spiro atoms. The molecule has 1 aromatic heterocycles. The van der Waals surface area contributed by atoms with Gasteiger partial charge in [-0.15, -0.1) is 0 Å². The maximum atomic E-state index is 13.2. The Balaban J connectivity index is 1.99. The molecule has 0 amide bonds. The Kier molecular flexibility index (Phi) is 4.29. The zero-order valence-electron chi connectivity index (χ0n) is 17.4. The summed E-state index contributed by atoms with van der Waals surface area (Å²) in [7, 11) is 5.54. The predicted octanol–water partition coefficient (Wildman–Crippen LogP) is 2.34. The Morgan fingerprint density at radius 3 is 2.34 bits per heavy atom. The van der Waals surface area contributed by atoms with E-state index < -0.39 is 17.2 Å². The van der Waals surface area contributed by atoms with Crippen molar-refractivity contribution in [1.82, 2.24) is 9.55 Å². The van der Waals surface area contributed by atoms with E-state index in [2.05, 4.69) is 24.1 Å². The predicted molar refractivity (Wildman–Crippen MR) is 114 cm³/mol. The van der Waals surface area contributed by atoms with Gasteiger partial charge >= 0.3 is 5.69 Å². The molecule has 0 saturated carbocycles. The summed E-state index contributed by atoms with van der Waals surface area (Å²) in [6, 6.07) is 7.87. The molecule has 1 atom stereocenters. The Hall–Kier alpha value is -3.09. The Labute approximate surface area is 169 Å². The molecule has 2 aromatic rings. The van der Waals surface area contributed by atoms with Crippen LogP contribution in [0.3, 0.4) is 0 Å². The van der Waals surface area contributed by atoms with E-state index in [1.54, 1.807) is 7.05 Å². The number of fused-ring (bicyclic) bond motifs is 1. The molecule has 152 valence electrons. The highest BCUT2D eigenvalue weighted by molar-refractivity contribution is 6.01. The number of aromatic nitrogens is 2. The number of carbonyl (C=O) groups is 1. The number of hydrogen-bond acceptors (Lipinski definition) is 5. The van der Waals surface area contributed by atoms with Gasteiger partial charge in [0.05, 0.1) is 5.56 Å². The first-order valence-electron chi connectivity index (χ1n) is 9.73. The second-order valence-corrected chi connectivity index (χ2v) is 8.96. The van der Waals surface area contributed by atoms with Gasteiger partial charge in [0.15, 0.2) is 5.78 Å². The molecule has 7 nitrogen and oxygen atoms in total. The zero-order chi connectivity index (χ0) is 21.1. The molecule has 2 heterocycles. The lowest BCUT2D eigenvalue weighted by Gasteiger charge is -2.39. The average Bonchev–Trinajstić information content (AvgIpc) is 2.63. The summed E-state index contributed by atoms with van der Waals surface area (Å²) in [4.78, 5) is 42.6. The minimum Gasteiger partial charge on any atom is -0.378 e. The molecule has 2 aliphatic rings. The largest absolute Gasteiger partial charge is 0.378 e. The van der Waals surface area contributed by atoms with Gasteiger partial charge in [-0.3, -0.25) is 19.1 Å². The summed E-state index contributed by atoms with van der Waals surface area (Å²) >= 11 is 0. The van der Waals surface area contributed by atoms with E-state index in [4.69, 9.17) is 0 Å². The third kappa shape index (κ3) is 3.10. The van der Waals surface area contributed by atoms with E-state index in [9.17, 15) is 14.4 Å². The van der Waals surface area contributed by atoms with Crippen LogP contribution in [0.5, 0.6) is 0 Å². The van der Waals surface area contributed by atoms with Gasteiger partial charge in [0.2, 0.25) is 0 Å². The van der Waals surface area contributed by atoms with Gasteiger partial charge in [0.1, 0.15) is 5.82 Å². The highest BCUT2D eigenvalue weighted by Crippen LogP contribution is 2.47. The van der Waals surface area contributed by atoms with Crippen LogP contribution in [0.2, 0.25) is 0 Å². The number of rotatable bonds is 2. The molecular weight excluding hydrogens is 368 g/mol. The fourth-order valence-electron chi connectivity index (χ4n) is 4.42. The molecule has 2 N–H and O–H groups in total. The van der Waals surface area contributed by atoms with Gasteiger partial charge in [0, 0.05) is 50.4 Å². The molecule has 4 rings (SSSR count). The molecule has 1 aliphatic heterocycles. The summed E-state index contributed by atoms with van der Waals surface area (Å²) < 4.78 is 1.41. The molecule has 29 heavy (non-hydrogen) atoms. The second-order valence-electron chi connectivity index (χ2n) is 8.96. The second kappa shape index (κ2) is 6.47. The fraction of sp³-hybridized carbons (Fsp3) is 0.409. The standard InChI is InChI=1S/C22H26N4O3/c1-22(2)10-14-17(15(27)11-22)16(12-6-8-13(9-7-12)25(3)4)18-19(23-14)26(5)21(29)24-20(18)28/h6-9,16,23H,10-11H2,1-5H3,(H,24,28,29). The molecular formula is C22H26N4O3. The first-order valence-corrected chi connectivity index (χ1v) is 9.73. The number of nitrogens with zero attached hydrogens (tertiary/aromatic N) is 2. The number of H-pyrrole nitrogens is 1. The Morgan fingerprint density at radius 2 is 1.72 bits per heavy atom. The molecule has 0 fully saturated rings. The lowest BCUT2D eigenvalue weighted by molar-refractivity contribution is -0.118. The quantitative estimate of drug-likeness (QED) is 0.816. The van der Waals surface area contributed by atoms with Crippen LogP contribution in [0.25, 0.3) is 0 Å².